The maximum absolute atomic E-state index is 11.3. The summed E-state index contributed by atoms with van der Waals surface area (Å²) in [6, 6.07) is 5.68. The summed E-state index contributed by atoms with van der Waals surface area (Å²) in [5.41, 5.74) is 0.302. The van der Waals surface area contributed by atoms with Crippen LogP contribution in [0, 0.1) is 0 Å². The van der Waals surface area contributed by atoms with Crippen LogP contribution in [-0.4, -0.2) is 34.9 Å². The number of primary sulfonamides is 1. The predicted molar refractivity (Wildman–Crippen MR) is 70.6 cm³/mol. The van der Waals surface area contributed by atoms with Gasteiger partial charge in [-0.25, -0.2) is 22.0 Å². The van der Waals surface area contributed by atoms with Gasteiger partial charge in [0.05, 0.1) is 11.4 Å². The molecule has 1 aromatic carbocycles. The Morgan fingerprint density at radius 3 is 2.28 bits per heavy atom. The second-order valence-electron chi connectivity index (χ2n) is 4.18. The van der Waals surface area contributed by atoms with Gasteiger partial charge < -0.3 is 5.32 Å². The highest BCUT2D eigenvalue weighted by Crippen LogP contribution is 2.20. The first-order chi connectivity index (χ1) is 8.09. The highest BCUT2D eigenvalue weighted by Gasteiger charge is 2.16. The fourth-order valence-electron chi connectivity index (χ4n) is 1.60. The smallest absolute Gasteiger partial charge is 0.240 e. The van der Waals surface area contributed by atoms with E-state index in [0.717, 1.165) is 6.26 Å². The molecule has 0 aliphatic heterocycles. The van der Waals surface area contributed by atoms with Crippen molar-refractivity contribution in [2.75, 3.05) is 17.3 Å². The number of benzene rings is 1. The fourth-order valence-corrected chi connectivity index (χ4v) is 3.29. The van der Waals surface area contributed by atoms with E-state index in [2.05, 4.69) is 5.32 Å². The monoisotopic (exact) mass is 292 g/mol. The molecule has 0 radical (unpaired) electrons. The topological polar surface area (TPSA) is 106 Å². The molecule has 1 rings (SSSR count). The molecule has 0 amide bonds. The van der Waals surface area contributed by atoms with Gasteiger partial charge >= 0.3 is 0 Å². The van der Waals surface area contributed by atoms with Gasteiger partial charge in [0, 0.05) is 12.3 Å². The molecule has 0 aliphatic carbocycles. The molecule has 0 aliphatic rings. The van der Waals surface area contributed by atoms with Crippen molar-refractivity contribution in [1.29, 1.82) is 0 Å². The lowest BCUT2D eigenvalue weighted by Gasteiger charge is -2.16. The van der Waals surface area contributed by atoms with Crippen molar-refractivity contribution in [3.63, 3.8) is 0 Å². The molecule has 0 saturated heterocycles. The molecular weight excluding hydrogens is 276 g/mol. The summed E-state index contributed by atoms with van der Waals surface area (Å²) in [7, 11) is -6.97. The minimum Gasteiger partial charge on any atom is -0.380 e. The summed E-state index contributed by atoms with van der Waals surface area (Å²) >= 11 is 0. The Bertz CT molecular complexity index is 623. The van der Waals surface area contributed by atoms with Crippen LogP contribution < -0.4 is 10.5 Å². The average molecular weight is 292 g/mol. The number of nitrogens with one attached hydrogen (secondary N) is 1. The van der Waals surface area contributed by atoms with E-state index in [-0.39, 0.29) is 10.6 Å². The SMILES string of the molecule is CC(CS(C)(=O)=O)Nc1ccccc1S(N)(=O)=O. The molecule has 0 bridgehead atoms. The molecular formula is C10H16N2O4S2. The van der Waals surface area contributed by atoms with Crippen LogP contribution >= 0.6 is 0 Å². The van der Waals surface area contributed by atoms with Crippen LogP contribution in [0.25, 0.3) is 0 Å². The summed E-state index contributed by atoms with van der Waals surface area (Å²) in [4.78, 5) is -0.0506. The number of rotatable bonds is 5. The summed E-state index contributed by atoms with van der Waals surface area (Å²) in [6.07, 6.45) is 1.12. The van der Waals surface area contributed by atoms with Crippen LogP contribution in [0.1, 0.15) is 6.92 Å². The normalized spacial score (nSPS) is 14.2. The summed E-state index contributed by atoms with van der Waals surface area (Å²) in [5.74, 6) is -0.0913. The minimum absolute atomic E-state index is 0.0506. The Kier molecular flexibility index (Phi) is 4.36. The summed E-state index contributed by atoms with van der Waals surface area (Å²) in [5, 5.41) is 7.91. The lowest BCUT2D eigenvalue weighted by molar-refractivity contribution is 0.597. The van der Waals surface area contributed by atoms with Crippen molar-refractivity contribution < 1.29 is 16.8 Å². The number of para-hydroxylation sites is 1. The molecule has 1 unspecified atom stereocenters. The highest BCUT2D eigenvalue weighted by molar-refractivity contribution is 7.90. The van der Waals surface area contributed by atoms with Gasteiger partial charge in [-0.15, -0.1) is 0 Å². The van der Waals surface area contributed by atoms with Crippen molar-refractivity contribution in [2.24, 2.45) is 5.14 Å². The van der Waals surface area contributed by atoms with E-state index < -0.39 is 25.9 Å². The molecule has 3 N–H and O–H groups in total. The molecule has 6 nitrogen and oxygen atoms in total. The van der Waals surface area contributed by atoms with Crippen molar-refractivity contribution in [3.8, 4) is 0 Å². The number of nitrogens with two attached hydrogens (primary N) is 1. The maximum atomic E-state index is 11.3. The van der Waals surface area contributed by atoms with Crippen LogP contribution in [0.5, 0.6) is 0 Å². The quantitative estimate of drug-likeness (QED) is 0.805. The molecule has 8 heteroatoms. The van der Waals surface area contributed by atoms with E-state index in [1.54, 1.807) is 25.1 Å². The Morgan fingerprint density at radius 2 is 1.78 bits per heavy atom. The standard InChI is InChI=1S/C10H16N2O4S2/c1-8(7-17(2,13)14)12-9-5-3-4-6-10(9)18(11,15)16/h3-6,8,12H,7H2,1-2H3,(H2,11,15,16). The molecule has 0 saturated carbocycles. The average Bonchev–Trinajstić information content (AvgIpc) is 2.13. The van der Waals surface area contributed by atoms with Gasteiger partial charge in [0.25, 0.3) is 0 Å². The number of sulfone groups is 1. The number of hydrogen-bond donors (Lipinski definition) is 2. The van der Waals surface area contributed by atoms with Crippen LogP contribution in [-0.2, 0) is 19.9 Å². The van der Waals surface area contributed by atoms with Gasteiger partial charge in [-0.1, -0.05) is 12.1 Å². The number of hydrogen-bond acceptors (Lipinski definition) is 5. The van der Waals surface area contributed by atoms with Crippen LogP contribution in [0.3, 0.4) is 0 Å². The third-order valence-corrected chi connectivity index (χ3v) is 4.22. The first kappa shape index (κ1) is 14.9. The van der Waals surface area contributed by atoms with Crippen LogP contribution in [0.4, 0.5) is 5.69 Å². The van der Waals surface area contributed by atoms with Crippen LogP contribution in [0.2, 0.25) is 0 Å². The zero-order valence-electron chi connectivity index (χ0n) is 10.1. The molecule has 0 fully saturated rings. The second kappa shape index (κ2) is 5.25. The first-order valence-corrected chi connectivity index (χ1v) is 8.76. The molecule has 0 heterocycles. The third-order valence-electron chi connectivity index (χ3n) is 2.15. The van der Waals surface area contributed by atoms with Crippen molar-refractivity contribution >= 4 is 25.5 Å². The van der Waals surface area contributed by atoms with Gasteiger partial charge in [-0.3, -0.25) is 0 Å². The Morgan fingerprint density at radius 1 is 1.22 bits per heavy atom. The molecule has 0 aromatic heterocycles. The van der Waals surface area contributed by atoms with Gasteiger partial charge in [-0.2, -0.15) is 0 Å². The lowest BCUT2D eigenvalue weighted by Crippen LogP contribution is -2.26. The van der Waals surface area contributed by atoms with E-state index in [4.69, 9.17) is 5.14 Å². The van der Waals surface area contributed by atoms with Crippen molar-refractivity contribution in [1.82, 2.24) is 0 Å². The molecule has 18 heavy (non-hydrogen) atoms. The van der Waals surface area contributed by atoms with Gasteiger partial charge in [0.1, 0.15) is 14.7 Å². The lowest BCUT2D eigenvalue weighted by atomic mass is 10.3. The van der Waals surface area contributed by atoms with Gasteiger partial charge in [0.2, 0.25) is 10.0 Å². The van der Waals surface area contributed by atoms with Crippen molar-refractivity contribution in [3.05, 3.63) is 24.3 Å². The molecule has 1 atom stereocenters. The zero-order valence-corrected chi connectivity index (χ0v) is 11.8. The minimum atomic E-state index is -3.83. The number of sulfonamides is 1. The Hall–Kier alpha value is -1.12. The van der Waals surface area contributed by atoms with E-state index in [0.29, 0.717) is 5.69 Å². The second-order valence-corrected chi connectivity index (χ2v) is 7.89. The largest absolute Gasteiger partial charge is 0.380 e. The van der Waals surface area contributed by atoms with Crippen molar-refractivity contribution in [2.45, 2.75) is 17.9 Å². The van der Waals surface area contributed by atoms with E-state index >= 15 is 0 Å². The van der Waals surface area contributed by atoms with Gasteiger partial charge in [0.15, 0.2) is 0 Å². The first-order valence-electron chi connectivity index (χ1n) is 5.16. The summed E-state index contributed by atoms with van der Waals surface area (Å²) in [6.45, 7) is 1.65. The predicted octanol–water partition coefficient (Wildman–Crippen LogP) is 0.179. The Balaban J connectivity index is 2.99. The zero-order chi connectivity index (χ0) is 14.0. The van der Waals surface area contributed by atoms with Gasteiger partial charge in [-0.05, 0) is 19.1 Å². The fraction of sp³-hybridized carbons (Fsp3) is 0.400. The van der Waals surface area contributed by atoms with Crippen LogP contribution in [0.15, 0.2) is 29.2 Å². The molecule has 102 valence electrons. The summed E-state index contributed by atoms with van der Waals surface area (Å²) < 4.78 is 44.9. The third kappa shape index (κ3) is 4.63. The van der Waals surface area contributed by atoms with E-state index in [1.165, 1.54) is 6.07 Å². The number of anilines is 1. The maximum Gasteiger partial charge on any atom is 0.240 e. The Labute approximate surface area is 107 Å². The molecule has 1 aromatic rings. The van der Waals surface area contributed by atoms with E-state index in [1.807, 2.05) is 0 Å². The highest BCUT2D eigenvalue weighted by atomic mass is 32.2. The molecule has 0 spiro atoms. The van der Waals surface area contributed by atoms with E-state index in [9.17, 15) is 16.8 Å².